The number of aromatic nitrogens is 2. The van der Waals surface area contributed by atoms with E-state index in [0.717, 1.165) is 32.5 Å². The fraction of sp³-hybridized carbons (Fsp3) is 0. The Balaban J connectivity index is 2.65. The van der Waals surface area contributed by atoms with Gasteiger partial charge >= 0.3 is 0 Å². The van der Waals surface area contributed by atoms with Crippen molar-refractivity contribution in [2.75, 3.05) is 0 Å². The first-order valence-corrected chi connectivity index (χ1v) is 5.08. The molecule has 2 nitrogen and oxygen atoms in total. The van der Waals surface area contributed by atoms with Crippen LogP contribution in [0.1, 0.15) is 0 Å². The largest absolute Gasteiger partial charge is 0.247 e. The molecule has 0 N–H and O–H groups in total. The van der Waals surface area contributed by atoms with Crippen LogP contribution in [0.2, 0.25) is 0 Å². The average Bonchev–Trinajstić information content (AvgIpc) is 2.29. The topological polar surface area (TPSA) is 25.8 Å². The molecule has 0 fully saturated rings. The Bertz CT molecular complexity index is 722. The second kappa shape index (κ2) is 3.14. The molecule has 0 spiro atoms. The van der Waals surface area contributed by atoms with E-state index in [-0.39, 0.29) is 0 Å². The molecule has 2 heteroatoms. The predicted octanol–water partition coefficient (Wildman–Crippen LogP) is 1.60. The van der Waals surface area contributed by atoms with E-state index in [0.29, 0.717) is 0 Å². The summed E-state index contributed by atoms with van der Waals surface area (Å²) < 4.78 is 0. The van der Waals surface area contributed by atoms with Crippen LogP contribution in [-0.4, -0.2) is 9.97 Å². The third kappa shape index (κ3) is 1.27. The molecule has 2 heterocycles. The van der Waals surface area contributed by atoms with Gasteiger partial charge in [0.15, 0.2) is 0 Å². The molecule has 0 amide bonds. The molecule has 76 valence electrons. The summed E-state index contributed by atoms with van der Waals surface area (Å²) in [5.74, 6) is 0. The molecule has 2 aromatic heterocycles. The zero-order chi connectivity index (χ0) is 11.1. The van der Waals surface area contributed by atoms with Crippen molar-refractivity contribution < 1.29 is 0 Å². The molecule has 0 saturated heterocycles. The minimum absolute atomic E-state index is 0.760. The first-order valence-electron chi connectivity index (χ1n) is 5.08. The van der Waals surface area contributed by atoms with Crippen molar-refractivity contribution >= 4 is 35.0 Å². The highest BCUT2D eigenvalue weighted by molar-refractivity contribution is 6.02. The highest BCUT2D eigenvalue weighted by atomic mass is 14.7. The van der Waals surface area contributed by atoms with Crippen molar-refractivity contribution in [1.82, 2.24) is 9.97 Å². The first-order chi connectivity index (χ1) is 7.74. The Labute approximate surface area is 92.6 Å². The van der Waals surface area contributed by atoms with Crippen LogP contribution in [0.4, 0.5) is 0 Å². The van der Waals surface area contributed by atoms with Gasteiger partial charge in [-0.25, -0.2) is 9.97 Å². The molecule has 3 aromatic rings. The van der Waals surface area contributed by atoms with E-state index >= 15 is 0 Å². The van der Waals surface area contributed by atoms with Gasteiger partial charge in [-0.3, -0.25) is 0 Å². The standard InChI is InChI=1S/C14H10N2/c1-9-3-5-11-7-8-12-6-4-10(2)16-14(12)13(11)15-9/h3-8H,1-2H2. The summed E-state index contributed by atoms with van der Waals surface area (Å²) in [5, 5.41) is 3.68. The van der Waals surface area contributed by atoms with Crippen LogP contribution in [0, 0.1) is 0 Å². The van der Waals surface area contributed by atoms with E-state index in [4.69, 9.17) is 0 Å². The molecule has 0 unspecified atom stereocenters. The van der Waals surface area contributed by atoms with E-state index in [9.17, 15) is 0 Å². The number of nitrogens with zero attached hydrogens (tertiary/aromatic N) is 2. The van der Waals surface area contributed by atoms with Gasteiger partial charge in [0.2, 0.25) is 0 Å². The van der Waals surface area contributed by atoms with Crippen LogP contribution in [-0.2, 0) is 0 Å². The SMILES string of the molecule is C=c1ccc2ccc3ccc(=C)nc3c2n1. The summed E-state index contributed by atoms with van der Waals surface area (Å²) in [7, 11) is 0. The summed E-state index contributed by atoms with van der Waals surface area (Å²) >= 11 is 0. The van der Waals surface area contributed by atoms with Crippen LogP contribution >= 0.6 is 0 Å². The van der Waals surface area contributed by atoms with Crippen molar-refractivity contribution in [2.45, 2.75) is 0 Å². The number of rotatable bonds is 0. The Morgan fingerprint density at radius 2 is 1.00 bits per heavy atom. The van der Waals surface area contributed by atoms with Gasteiger partial charge in [-0.2, -0.15) is 0 Å². The van der Waals surface area contributed by atoms with Crippen molar-refractivity contribution in [3.8, 4) is 0 Å². The van der Waals surface area contributed by atoms with Gasteiger partial charge in [-0.1, -0.05) is 37.4 Å². The molecule has 0 aliphatic carbocycles. The Hall–Kier alpha value is -2.22. The maximum Gasteiger partial charge on any atom is 0.0971 e. The van der Waals surface area contributed by atoms with Gasteiger partial charge in [0.05, 0.1) is 21.7 Å². The molecule has 0 bridgehead atoms. The van der Waals surface area contributed by atoms with E-state index in [1.807, 2.05) is 24.3 Å². The van der Waals surface area contributed by atoms with Gasteiger partial charge in [0.1, 0.15) is 0 Å². The molecule has 0 radical (unpaired) electrons. The van der Waals surface area contributed by atoms with Gasteiger partial charge in [0, 0.05) is 10.8 Å². The number of benzene rings is 1. The normalized spacial score (nSPS) is 11.0. The van der Waals surface area contributed by atoms with Crippen molar-refractivity contribution in [3.05, 3.63) is 47.1 Å². The quantitative estimate of drug-likeness (QED) is 0.522. The first kappa shape index (κ1) is 9.04. The zero-order valence-electron chi connectivity index (χ0n) is 8.77. The van der Waals surface area contributed by atoms with Crippen LogP contribution in [0.3, 0.4) is 0 Å². The number of hydrogen-bond donors (Lipinski definition) is 0. The van der Waals surface area contributed by atoms with E-state index < -0.39 is 0 Å². The Kier molecular flexibility index (Phi) is 1.77. The monoisotopic (exact) mass is 206 g/mol. The predicted molar refractivity (Wildman–Crippen MR) is 67.3 cm³/mol. The molecular weight excluding hydrogens is 196 g/mol. The lowest BCUT2D eigenvalue weighted by Crippen LogP contribution is -2.06. The molecule has 0 saturated carbocycles. The molecule has 0 aliphatic heterocycles. The van der Waals surface area contributed by atoms with Crippen molar-refractivity contribution in [2.24, 2.45) is 0 Å². The Morgan fingerprint density at radius 3 is 1.44 bits per heavy atom. The number of pyridine rings is 2. The third-order valence-electron chi connectivity index (χ3n) is 2.64. The van der Waals surface area contributed by atoms with Gasteiger partial charge in [-0.05, 0) is 12.1 Å². The van der Waals surface area contributed by atoms with Crippen LogP contribution in [0.25, 0.3) is 35.0 Å². The summed E-state index contributed by atoms with van der Waals surface area (Å²) in [4.78, 5) is 8.89. The maximum atomic E-state index is 4.44. The lowest BCUT2D eigenvalue weighted by molar-refractivity contribution is 1.30. The van der Waals surface area contributed by atoms with E-state index in [2.05, 4.69) is 35.3 Å². The van der Waals surface area contributed by atoms with Crippen molar-refractivity contribution in [1.29, 1.82) is 0 Å². The van der Waals surface area contributed by atoms with E-state index in [1.165, 1.54) is 0 Å². The lowest BCUT2D eigenvalue weighted by atomic mass is 10.1. The molecule has 0 atom stereocenters. The van der Waals surface area contributed by atoms with Gasteiger partial charge in [-0.15, -0.1) is 0 Å². The van der Waals surface area contributed by atoms with Gasteiger partial charge < -0.3 is 0 Å². The fourth-order valence-electron chi connectivity index (χ4n) is 1.85. The highest BCUT2D eigenvalue weighted by Crippen LogP contribution is 2.18. The van der Waals surface area contributed by atoms with E-state index in [1.54, 1.807) is 0 Å². The summed E-state index contributed by atoms with van der Waals surface area (Å²) in [5.41, 5.74) is 1.80. The van der Waals surface area contributed by atoms with Crippen molar-refractivity contribution in [3.63, 3.8) is 0 Å². The average molecular weight is 206 g/mol. The molecule has 1 aromatic carbocycles. The summed E-state index contributed by atoms with van der Waals surface area (Å²) in [6.45, 7) is 7.69. The number of hydrogen-bond acceptors (Lipinski definition) is 2. The molecule has 16 heavy (non-hydrogen) atoms. The smallest absolute Gasteiger partial charge is 0.0971 e. The second-order valence-corrected chi connectivity index (χ2v) is 3.81. The lowest BCUT2D eigenvalue weighted by Gasteiger charge is -2.01. The Morgan fingerprint density at radius 1 is 0.625 bits per heavy atom. The van der Waals surface area contributed by atoms with Gasteiger partial charge in [0.25, 0.3) is 0 Å². The zero-order valence-corrected chi connectivity index (χ0v) is 8.77. The van der Waals surface area contributed by atoms with Crippen LogP contribution < -0.4 is 10.7 Å². The second-order valence-electron chi connectivity index (χ2n) is 3.81. The van der Waals surface area contributed by atoms with Crippen LogP contribution in [0.5, 0.6) is 0 Å². The van der Waals surface area contributed by atoms with Crippen LogP contribution in [0.15, 0.2) is 36.4 Å². The highest BCUT2D eigenvalue weighted by Gasteiger charge is 2.01. The number of fused-ring (bicyclic) bond motifs is 3. The summed E-state index contributed by atoms with van der Waals surface area (Å²) in [6.07, 6.45) is 0. The summed E-state index contributed by atoms with van der Waals surface area (Å²) in [6, 6.07) is 11.9. The molecule has 3 rings (SSSR count). The maximum absolute atomic E-state index is 4.44. The minimum Gasteiger partial charge on any atom is -0.247 e. The minimum atomic E-state index is 0.760. The third-order valence-corrected chi connectivity index (χ3v) is 2.64. The molecule has 0 aliphatic rings. The molecular formula is C14H10N2. The fourth-order valence-corrected chi connectivity index (χ4v) is 1.85.